The van der Waals surface area contributed by atoms with Gasteiger partial charge in [0.15, 0.2) is 0 Å². The number of amides is 1. The van der Waals surface area contributed by atoms with Crippen LogP contribution in [0, 0.1) is 0 Å². The number of thiophene rings is 1. The first kappa shape index (κ1) is 16.0. The van der Waals surface area contributed by atoms with Crippen molar-refractivity contribution in [3.63, 3.8) is 0 Å². The summed E-state index contributed by atoms with van der Waals surface area (Å²) in [5.41, 5.74) is 1.34. The zero-order chi connectivity index (χ0) is 15.7. The van der Waals surface area contributed by atoms with Crippen molar-refractivity contribution in [2.24, 2.45) is 0 Å². The molecule has 22 heavy (non-hydrogen) atoms. The zero-order valence-electron chi connectivity index (χ0n) is 12.9. The predicted molar refractivity (Wildman–Crippen MR) is 87.9 cm³/mol. The van der Waals surface area contributed by atoms with E-state index in [2.05, 4.69) is 6.07 Å². The lowest BCUT2D eigenvalue weighted by Gasteiger charge is -2.33. The molecule has 0 N–H and O–H groups in total. The molecule has 0 saturated carbocycles. The number of carbonyl (C=O) groups is 1. The largest absolute Gasteiger partial charge is 0.335 e. The smallest absolute Gasteiger partial charge is 0.264 e. The van der Waals surface area contributed by atoms with Gasteiger partial charge in [0, 0.05) is 31.1 Å². The lowest BCUT2D eigenvalue weighted by molar-refractivity contribution is 0.0703. The van der Waals surface area contributed by atoms with Gasteiger partial charge in [0.05, 0.1) is 10.6 Å². The molecule has 2 aliphatic rings. The van der Waals surface area contributed by atoms with E-state index >= 15 is 0 Å². The number of carbonyl (C=O) groups excluding carboxylic acids is 1. The SMILES string of the molecule is CCS(=O)(=O)N1CCN(C(=O)c2cc3c(s2)CCCC3)CC1. The van der Waals surface area contributed by atoms with E-state index in [0.29, 0.717) is 26.2 Å². The fourth-order valence-electron chi connectivity index (χ4n) is 3.10. The molecule has 0 atom stereocenters. The maximum Gasteiger partial charge on any atom is 0.264 e. The molecule has 0 radical (unpaired) electrons. The normalized spacial score (nSPS) is 20.0. The Balaban J connectivity index is 1.66. The summed E-state index contributed by atoms with van der Waals surface area (Å²) in [7, 11) is -3.14. The van der Waals surface area contributed by atoms with E-state index in [9.17, 15) is 13.2 Å². The van der Waals surface area contributed by atoms with Crippen LogP contribution in [-0.4, -0.2) is 55.5 Å². The Morgan fingerprint density at radius 3 is 2.50 bits per heavy atom. The van der Waals surface area contributed by atoms with Gasteiger partial charge in [0.25, 0.3) is 5.91 Å². The molecule has 122 valence electrons. The summed E-state index contributed by atoms with van der Waals surface area (Å²) in [6, 6.07) is 2.05. The quantitative estimate of drug-likeness (QED) is 0.841. The molecule has 0 bridgehead atoms. The van der Waals surface area contributed by atoms with Crippen molar-refractivity contribution in [1.82, 2.24) is 9.21 Å². The van der Waals surface area contributed by atoms with E-state index in [-0.39, 0.29) is 11.7 Å². The molecule has 3 rings (SSSR count). The standard InChI is InChI=1S/C15H22N2O3S2/c1-2-22(19,20)17-9-7-16(8-10-17)15(18)14-11-12-5-3-4-6-13(12)21-14/h11H,2-10H2,1H3. The van der Waals surface area contributed by atoms with Crippen LogP contribution in [0.5, 0.6) is 0 Å². The molecule has 1 amide bonds. The maximum atomic E-state index is 12.6. The molecule has 0 aromatic carbocycles. The lowest BCUT2D eigenvalue weighted by atomic mass is 9.99. The van der Waals surface area contributed by atoms with Gasteiger partial charge < -0.3 is 4.90 Å². The van der Waals surface area contributed by atoms with Gasteiger partial charge in [0.1, 0.15) is 0 Å². The third kappa shape index (κ3) is 3.07. The van der Waals surface area contributed by atoms with Crippen LogP contribution < -0.4 is 0 Å². The number of rotatable bonds is 3. The highest BCUT2D eigenvalue weighted by Crippen LogP contribution is 2.30. The predicted octanol–water partition coefficient (Wildman–Crippen LogP) is 1.73. The number of sulfonamides is 1. The second-order valence-corrected chi connectivity index (χ2v) is 9.25. The molecule has 1 saturated heterocycles. The van der Waals surface area contributed by atoms with Crippen LogP contribution in [0.3, 0.4) is 0 Å². The Morgan fingerprint density at radius 2 is 1.86 bits per heavy atom. The van der Waals surface area contributed by atoms with Crippen molar-refractivity contribution in [3.05, 3.63) is 21.4 Å². The highest BCUT2D eigenvalue weighted by Gasteiger charge is 2.29. The number of nitrogens with zero attached hydrogens (tertiary/aromatic N) is 2. The summed E-state index contributed by atoms with van der Waals surface area (Å²) in [6.07, 6.45) is 4.61. The third-order valence-electron chi connectivity index (χ3n) is 4.49. The third-order valence-corrected chi connectivity index (χ3v) is 7.60. The number of hydrogen-bond acceptors (Lipinski definition) is 4. The molecule has 1 aromatic heterocycles. The number of aryl methyl sites for hydroxylation is 2. The number of hydrogen-bond donors (Lipinski definition) is 0. The topological polar surface area (TPSA) is 57.7 Å². The molecular weight excluding hydrogens is 320 g/mol. The van der Waals surface area contributed by atoms with Gasteiger partial charge in [-0.3, -0.25) is 4.79 Å². The molecule has 7 heteroatoms. The van der Waals surface area contributed by atoms with E-state index < -0.39 is 10.0 Å². The summed E-state index contributed by atoms with van der Waals surface area (Å²) in [5.74, 6) is 0.187. The van der Waals surface area contributed by atoms with Crippen molar-refractivity contribution < 1.29 is 13.2 Å². The Labute approximate surface area is 136 Å². The van der Waals surface area contributed by atoms with E-state index in [4.69, 9.17) is 0 Å². The van der Waals surface area contributed by atoms with Crippen LogP contribution >= 0.6 is 11.3 Å². The van der Waals surface area contributed by atoms with Gasteiger partial charge in [-0.05, 0) is 44.2 Å². The molecule has 1 aliphatic carbocycles. The van der Waals surface area contributed by atoms with Crippen molar-refractivity contribution in [1.29, 1.82) is 0 Å². The van der Waals surface area contributed by atoms with Gasteiger partial charge in [-0.15, -0.1) is 11.3 Å². The minimum atomic E-state index is -3.14. The molecule has 1 aromatic rings. The number of fused-ring (bicyclic) bond motifs is 1. The fourth-order valence-corrected chi connectivity index (χ4v) is 5.41. The van der Waals surface area contributed by atoms with E-state index in [1.165, 1.54) is 27.6 Å². The summed E-state index contributed by atoms with van der Waals surface area (Å²) < 4.78 is 25.2. The second kappa shape index (κ2) is 6.29. The molecule has 1 aliphatic heterocycles. The first-order chi connectivity index (χ1) is 10.5. The minimum Gasteiger partial charge on any atom is -0.335 e. The van der Waals surface area contributed by atoms with Gasteiger partial charge in [-0.1, -0.05) is 0 Å². The minimum absolute atomic E-state index is 0.0629. The van der Waals surface area contributed by atoms with Crippen LogP contribution in [0.25, 0.3) is 0 Å². The Bertz CT molecular complexity index is 635. The second-order valence-electron chi connectivity index (χ2n) is 5.86. The van der Waals surface area contributed by atoms with Crippen LogP contribution in [0.2, 0.25) is 0 Å². The Morgan fingerprint density at radius 1 is 1.18 bits per heavy atom. The van der Waals surface area contributed by atoms with Gasteiger partial charge >= 0.3 is 0 Å². The maximum absolute atomic E-state index is 12.6. The monoisotopic (exact) mass is 342 g/mol. The fraction of sp³-hybridized carbons (Fsp3) is 0.667. The molecule has 2 heterocycles. The zero-order valence-corrected chi connectivity index (χ0v) is 14.5. The first-order valence-electron chi connectivity index (χ1n) is 7.90. The Kier molecular flexibility index (Phi) is 4.56. The summed E-state index contributed by atoms with van der Waals surface area (Å²) in [4.78, 5) is 16.6. The van der Waals surface area contributed by atoms with Crippen LogP contribution in [0.15, 0.2) is 6.07 Å². The highest BCUT2D eigenvalue weighted by molar-refractivity contribution is 7.89. The summed E-state index contributed by atoms with van der Waals surface area (Å²) in [6.45, 7) is 3.45. The van der Waals surface area contributed by atoms with E-state index in [0.717, 1.165) is 17.7 Å². The Hall–Kier alpha value is -0.920. The van der Waals surface area contributed by atoms with Crippen molar-refractivity contribution in [3.8, 4) is 0 Å². The lowest BCUT2D eigenvalue weighted by Crippen LogP contribution is -2.50. The highest BCUT2D eigenvalue weighted by atomic mass is 32.2. The molecule has 0 spiro atoms. The summed E-state index contributed by atoms with van der Waals surface area (Å²) in [5, 5.41) is 0. The average Bonchev–Trinajstić information content (AvgIpc) is 2.98. The van der Waals surface area contributed by atoms with Gasteiger partial charge in [0.2, 0.25) is 10.0 Å². The van der Waals surface area contributed by atoms with Gasteiger partial charge in [-0.2, -0.15) is 4.31 Å². The number of piperazine rings is 1. The van der Waals surface area contributed by atoms with Crippen LogP contribution in [0.4, 0.5) is 0 Å². The average molecular weight is 342 g/mol. The van der Waals surface area contributed by atoms with Crippen molar-refractivity contribution >= 4 is 27.3 Å². The molecule has 5 nitrogen and oxygen atoms in total. The molecule has 1 fully saturated rings. The molecular formula is C15H22N2O3S2. The van der Waals surface area contributed by atoms with E-state index in [1.54, 1.807) is 23.2 Å². The van der Waals surface area contributed by atoms with Crippen LogP contribution in [0.1, 0.15) is 39.9 Å². The van der Waals surface area contributed by atoms with Gasteiger partial charge in [-0.25, -0.2) is 8.42 Å². The van der Waals surface area contributed by atoms with E-state index in [1.807, 2.05) is 0 Å². The summed E-state index contributed by atoms with van der Waals surface area (Å²) >= 11 is 1.62. The first-order valence-corrected chi connectivity index (χ1v) is 10.3. The van der Waals surface area contributed by atoms with Crippen molar-refractivity contribution in [2.45, 2.75) is 32.6 Å². The van der Waals surface area contributed by atoms with Crippen LogP contribution in [-0.2, 0) is 22.9 Å². The molecule has 0 unspecified atom stereocenters. The van der Waals surface area contributed by atoms with Crippen molar-refractivity contribution in [2.75, 3.05) is 31.9 Å².